The maximum Gasteiger partial charge on any atom is 0.258 e. The summed E-state index contributed by atoms with van der Waals surface area (Å²) in [7, 11) is 0. The number of rotatable bonds is 8. The first-order valence-corrected chi connectivity index (χ1v) is 10.6. The molecular formula is C24H24ClFN2O3. The standard InChI is InChI=1S/C24H24ClFN2O3/c25-19-3-1-18(2-4-19)17-31-23-10-12-28(24(29)15-23)21-5-7-22(8-6-21)30-14-13-27-11-9-20(26)16-27/h1-8,10,12,15,20H,9,11,13-14,16-17H2/t20-/m1/s1. The molecule has 3 aromatic rings. The highest BCUT2D eigenvalue weighted by molar-refractivity contribution is 6.30. The van der Waals surface area contributed by atoms with Crippen LogP contribution in [0.5, 0.6) is 11.5 Å². The number of aromatic nitrogens is 1. The molecule has 0 saturated carbocycles. The van der Waals surface area contributed by atoms with Gasteiger partial charge in [0.25, 0.3) is 5.56 Å². The Labute approximate surface area is 185 Å². The van der Waals surface area contributed by atoms with Gasteiger partial charge in [0.2, 0.25) is 0 Å². The zero-order chi connectivity index (χ0) is 21.6. The molecule has 2 aromatic carbocycles. The summed E-state index contributed by atoms with van der Waals surface area (Å²) >= 11 is 5.88. The topological polar surface area (TPSA) is 43.7 Å². The second-order valence-electron chi connectivity index (χ2n) is 7.51. The van der Waals surface area contributed by atoms with E-state index in [0.29, 0.717) is 43.5 Å². The summed E-state index contributed by atoms with van der Waals surface area (Å²) in [6, 6.07) is 17.9. The van der Waals surface area contributed by atoms with E-state index in [1.165, 1.54) is 6.07 Å². The van der Waals surface area contributed by atoms with E-state index in [4.69, 9.17) is 21.1 Å². The number of pyridine rings is 1. The Balaban J connectivity index is 1.32. The fraction of sp³-hybridized carbons (Fsp3) is 0.292. The summed E-state index contributed by atoms with van der Waals surface area (Å²) in [4.78, 5) is 14.6. The number of likely N-dealkylation sites (tertiary alicyclic amines) is 1. The third-order valence-electron chi connectivity index (χ3n) is 5.22. The first-order chi connectivity index (χ1) is 15.1. The van der Waals surface area contributed by atoms with Crippen molar-refractivity contribution in [3.63, 3.8) is 0 Å². The van der Waals surface area contributed by atoms with E-state index in [2.05, 4.69) is 4.90 Å². The van der Waals surface area contributed by atoms with Crippen LogP contribution in [0.25, 0.3) is 5.69 Å². The third kappa shape index (κ3) is 5.87. The van der Waals surface area contributed by atoms with Crippen LogP contribution in [-0.2, 0) is 6.61 Å². The van der Waals surface area contributed by atoms with Crippen LogP contribution in [0.15, 0.2) is 71.7 Å². The normalized spacial score (nSPS) is 16.4. The Kier molecular flexibility index (Phi) is 6.89. The van der Waals surface area contributed by atoms with Crippen molar-refractivity contribution in [1.29, 1.82) is 0 Å². The fourth-order valence-corrected chi connectivity index (χ4v) is 3.62. The lowest BCUT2D eigenvalue weighted by molar-refractivity contribution is 0.224. The van der Waals surface area contributed by atoms with E-state index in [1.54, 1.807) is 29.0 Å². The van der Waals surface area contributed by atoms with Gasteiger partial charge in [-0.1, -0.05) is 23.7 Å². The van der Waals surface area contributed by atoms with Gasteiger partial charge in [0.05, 0.1) is 0 Å². The molecule has 162 valence electrons. The molecule has 0 aliphatic carbocycles. The number of hydrogen-bond donors (Lipinski definition) is 0. The van der Waals surface area contributed by atoms with Gasteiger partial charge in [-0.05, 0) is 54.4 Å². The van der Waals surface area contributed by atoms with Crippen LogP contribution in [0, 0.1) is 0 Å². The molecule has 2 heterocycles. The van der Waals surface area contributed by atoms with Crippen LogP contribution in [0.3, 0.4) is 0 Å². The zero-order valence-corrected chi connectivity index (χ0v) is 17.8. The summed E-state index contributed by atoms with van der Waals surface area (Å²) in [6.45, 7) is 2.84. The van der Waals surface area contributed by atoms with Gasteiger partial charge in [0.15, 0.2) is 0 Å². The van der Waals surface area contributed by atoms with Crippen molar-refractivity contribution in [1.82, 2.24) is 9.47 Å². The lowest BCUT2D eigenvalue weighted by atomic mass is 10.2. The van der Waals surface area contributed by atoms with E-state index < -0.39 is 6.17 Å². The number of alkyl halides is 1. The predicted octanol–water partition coefficient (Wildman–Crippen LogP) is 4.49. The number of ether oxygens (including phenoxy) is 2. The van der Waals surface area contributed by atoms with Crippen molar-refractivity contribution < 1.29 is 13.9 Å². The summed E-state index contributed by atoms with van der Waals surface area (Å²) in [6.07, 6.45) is 1.58. The summed E-state index contributed by atoms with van der Waals surface area (Å²) < 4.78 is 26.2. The van der Waals surface area contributed by atoms with Gasteiger partial charge in [0, 0.05) is 42.6 Å². The van der Waals surface area contributed by atoms with Crippen LogP contribution < -0.4 is 15.0 Å². The smallest absolute Gasteiger partial charge is 0.258 e. The van der Waals surface area contributed by atoms with Crippen LogP contribution in [0.1, 0.15) is 12.0 Å². The maximum absolute atomic E-state index is 13.2. The first-order valence-electron chi connectivity index (χ1n) is 10.3. The summed E-state index contributed by atoms with van der Waals surface area (Å²) in [5.74, 6) is 1.23. The van der Waals surface area contributed by atoms with E-state index in [1.807, 2.05) is 36.4 Å². The van der Waals surface area contributed by atoms with Gasteiger partial charge in [-0.2, -0.15) is 0 Å². The van der Waals surface area contributed by atoms with Gasteiger partial charge in [-0.3, -0.25) is 14.3 Å². The molecule has 7 heteroatoms. The van der Waals surface area contributed by atoms with E-state index in [0.717, 1.165) is 23.5 Å². The van der Waals surface area contributed by atoms with Gasteiger partial charge in [0.1, 0.15) is 30.9 Å². The van der Waals surface area contributed by atoms with Crippen molar-refractivity contribution >= 4 is 11.6 Å². The molecule has 0 spiro atoms. The van der Waals surface area contributed by atoms with Crippen molar-refractivity contribution in [3.8, 4) is 17.2 Å². The van der Waals surface area contributed by atoms with Crippen molar-refractivity contribution in [2.45, 2.75) is 19.2 Å². The molecular weight excluding hydrogens is 419 g/mol. The minimum atomic E-state index is -0.716. The van der Waals surface area contributed by atoms with E-state index >= 15 is 0 Å². The predicted molar refractivity (Wildman–Crippen MR) is 119 cm³/mol. The van der Waals surface area contributed by atoms with E-state index in [9.17, 15) is 9.18 Å². The summed E-state index contributed by atoms with van der Waals surface area (Å²) in [5.41, 5.74) is 1.52. The van der Waals surface area contributed by atoms with Crippen molar-refractivity contribution in [2.75, 3.05) is 26.2 Å². The van der Waals surface area contributed by atoms with Crippen molar-refractivity contribution in [2.24, 2.45) is 0 Å². The average molecular weight is 443 g/mol. The molecule has 0 radical (unpaired) electrons. The fourth-order valence-electron chi connectivity index (χ4n) is 3.50. The number of halogens is 2. The van der Waals surface area contributed by atoms with Gasteiger partial charge >= 0.3 is 0 Å². The molecule has 4 rings (SSSR count). The van der Waals surface area contributed by atoms with E-state index in [-0.39, 0.29) is 5.56 Å². The van der Waals surface area contributed by atoms with Crippen molar-refractivity contribution in [3.05, 3.63) is 87.8 Å². The maximum atomic E-state index is 13.2. The molecule has 1 aromatic heterocycles. The van der Waals surface area contributed by atoms with Crippen LogP contribution in [0.2, 0.25) is 5.02 Å². The Bertz CT molecular complexity index is 1050. The lowest BCUT2D eigenvalue weighted by Gasteiger charge is -2.15. The van der Waals surface area contributed by atoms with Crippen LogP contribution in [-0.4, -0.2) is 41.9 Å². The van der Waals surface area contributed by atoms with Gasteiger partial charge < -0.3 is 9.47 Å². The minimum absolute atomic E-state index is 0.183. The summed E-state index contributed by atoms with van der Waals surface area (Å²) in [5, 5.41) is 0.671. The molecule has 1 aliphatic heterocycles. The van der Waals surface area contributed by atoms with Gasteiger partial charge in [-0.15, -0.1) is 0 Å². The third-order valence-corrected chi connectivity index (χ3v) is 5.47. The second-order valence-corrected chi connectivity index (χ2v) is 7.95. The quantitative estimate of drug-likeness (QED) is 0.515. The molecule has 0 unspecified atom stereocenters. The highest BCUT2D eigenvalue weighted by atomic mass is 35.5. The lowest BCUT2D eigenvalue weighted by Crippen LogP contribution is -2.26. The number of nitrogens with zero attached hydrogens (tertiary/aromatic N) is 2. The van der Waals surface area contributed by atoms with Crippen LogP contribution in [0.4, 0.5) is 4.39 Å². The average Bonchev–Trinajstić information content (AvgIpc) is 3.19. The molecule has 1 aliphatic rings. The molecule has 0 N–H and O–H groups in total. The molecule has 1 atom stereocenters. The first kappa shape index (κ1) is 21.4. The molecule has 1 saturated heterocycles. The zero-order valence-electron chi connectivity index (χ0n) is 17.0. The minimum Gasteiger partial charge on any atom is -0.492 e. The Morgan fingerprint density at radius 3 is 2.45 bits per heavy atom. The second kappa shape index (κ2) is 9.98. The number of hydrogen-bond acceptors (Lipinski definition) is 4. The Morgan fingerprint density at radius 1 is 1.00 bits per heavy atom. The molecule has 0 amide bonds. The van der Waals surface area contributed by atoms with Crippen LogP contribution >= 0.6 is 11.6 Å². The molecule has 31 heavy (non-hydrogen) atoms. The SMILES string of the molecule is O=c1cc(OCc2ccc(Cl)cc2)ccn1-c1ccc(OCCN2CC[C@@H](F)C2)cc1. The molecule has 0 bridgehead atoms. The Morgan fingerprint density at radius 2 is 1.77 bits per heavy atom. The number of benzene rings is 2. The molecule has 5 nitrogen and oxygen atoms in total. The largest absolute Gasteiger partial charge is 0.492 e. The molecule has 1 fully saturated rings. The van der Waals surface area contributed by atoms with Gasteiger partial charge in [-0.25, -0.2) is 4.39 Å². The highest BCUT2D eigenvalue weighted by Crippen LogP contribution is 2.17. The highest BCUT2D eigenvalue weighted by Gasteiger charge is 2.21. The monoisotopic (exact) mass is 442 g/mol. The Hall–Kier alpha value is -2.83.